The first-order valence-electron chi connectivity index (χ1n) is 6.02. The molecule has 0 spiro atoms. The molecule has 2 heterocycles. The third-order valence-corrected chi connectivity index (χ3v) is 4.01. The van der Waals surface area contributed by atoms with Gasteiger partial charge in [0.05, 0.1) is 5.92 Å². The van der Waals surface area contributed by atoms with Crippen LogP contribution in [0.3, 0.4) is 0 Å². The predicted molar refractivity (Wildman–Crippen MR) is 74.6 cm³/mol. The fourth-order valence-electron chi connectivity index (χ4n) is 2.37. The molecule has 1 atom stereocenters. The number of hydrogen-bond acceptors (Lipinski definition) is 3. The fourth-order valence-corrected chi connectivity index (χ4v) is 2.84. The van der Waals surface area contributed by atoms with E-state index < -0.39 is 0 Å². The number of nitrogens with one attached hydrogen (secondary N) is 1. The minimum atomic E-state index is -0.248. The van der Waals surface area contributed by atoms with Crippen LogP contribution in [-0.2, 0) is 9.59 Å². The van der Waals surface area contributed by atoms with Crippen molar-refractivity contribution in [3.63, 3.8) is 0 Å². The number of hydrogen-bond donors (Lipinski definition) is 1. The molecule has 1 aromatic carbocycles. The first-order chi connectivity index (χ1) is 9.15. The summed E-state index contributed by atoms with van der Waals surface area (Å²) in [5, 5.41) is 4.43. The van der Waals surface area contributed by atoms with Crippen molar-refractivity contribution in [2.45, 2.75) is 18.8 Å². The van der Waals surface area contributed by atoms with Crippen LogP contribution >= 0.6 is 15.9 Å². The van der Waals surface area contributed by atoms with Gasteiger partial charge in [-0.25, -0.2) is 0 Å². The second-order valence-electron chi connectivity index (χ2n) is 4.61. The second kappa shape index (κ2) is 4.74. The lowest BCUT2D eigenvalue weighted by atomic mass is 9.89. The lowest BCUT2D eigenvalue weighted by Crippen LogP contribution is -2.39. The molecule has 0 bridgehead atoms. The van der Waals surface area contributed by atoms with Crippen molar-refractivity contribution >= 4 is 38.5 Å². The average Bonchev–Trinajstić information content (AvgIpc) is 2.39. The van der Waals surface area contributed by atoms with Gasteiger partial charge in [-0.15, -0.1) is 0 Å². The number of nitrogens with zero attached hydrogens (tertiary/aromatic N) is 1. The van der Waals surface area contributed by atoms with E-state index in [0.29, 0.717) is 12.8 Å². The van der Waals surface area contributed by atoms with E-state index in [1.54, 1.807) is 12.4 Å². The molecule has 3 rings (SSSR count). The first kappa shape index (κ1) is 12.3. The average molecular weight is 319 g/mol. The highest BCUT2D eigenvalue weighted by atomic mass is 79.9. The van der Waals surface area contributed by atoms with Gasteiger partial charge in [-0.3, -0.25) is 19.9 Å². The summed E-state index contributed by atoms with van der Waals surface area (Å²) >= 11 is 3.46. The Hall–Kier alpha value is -1.75. The lowest BCUT2D eigenvalue weighted by molar-refractivity contribution is -0.134. The summed E-state index contributed by atoms with van der Waals surface area (Å²) in [4.78, 5) is 27.1. The van der Waals surface area contributed by atoms with Crippen LogP contribution in [0.2, 0.25) is 0 Å². The number of fused-ring (bicyclic) bond motifs is 1. The SMILES string of the molecule is O=C1CCC(c2ccc3cncc(Br)c3c2)C(=O)N1. The van der Waals surface area contributed by atoms with Gasteiger partial charge in [0.25, 0.3) is 0 Å². The molecule has 1 aliphatic heterocycles. The Labute approximate surface area is 118 Å². The summed E-state index contributed by atoms with van der Waals surface area (Å²) in [6, 6.07) is 5.86. The maximum atomic E-state index is 11.9. The summed E-state index contributed by atoms with van der Waals surface area (Å²) in [6.45, 7) is 0. The van der Waals surface area contributed by atoms with Gasteiger partial charge in [0.1, 0.15) is 0 Å². The van der Waals surface area contributed by atoms with Gasteiger partial charge in [-0.05, 0) is 39.4 Å². The Balaban J connectivity index is 2.04. The summed E-state index contributed by atoms with van der Waals surface area (Å²) in [5.41, 5.74) is 0.935. The molecule has 1 aromatic heterocycles. The Kier molecular flexibility index (Phi) is 3.06. The molecule has 0 saturated carbocycles. The topological polar surface area (TPSA) is 59.1 Å². The second-order valence-corrected chi connectivity index (χ2v) is 5.46. The van der Waals surface area contributed by atoms with Crippen molar-refractivity contribution in [3.05, 3.63) is 40.6 Å². The van der Waals surface area contributed by atoms with Crippen LogP contribution in [0.15, 0.2) is 35.1 Å². The Morgan fingerprint density at radius 1 is 1.26 bits per heavy atom. The summed E-state index contributed by atoms with van der Waals surface area (Å²) in [6.07, 6.45) is 4.48. The molecule has 5 heteroatoms. The highest BCUT2D eigenvalue weighted by molar-refractivity contribution is 9.10. The van der Waals surface area contributed by atoms with Crippen molar-refractivity contribution in [2.24, 2.45) is 0 Å². The lowest BCUT2D eigenvalue weighted by Gasteiger charge is -2.21. The van der Waals surface area contributed by atoms with Gasteiger partial charge in [0.15, 0.2) is 0 Å². The van der Waals surface area contributed by atoms with Crippen molar-refractivity contribution in [1.29, 1.82) is 0 Å². The Bertz CT molecular complexity index is 684. The zero-order chi connectivity index (χ0) is 13.4. The third kappa shape index (κ3) is 2.26. The van der Waals surface area contributed by atoms with E-state index in [1.807, 2.05) is 18.2 Å². The maximum Gasteiger partial charge on any atom is 0.234 e. The van der Waals surface area contributed by atoms with Gasteiger partial charge >= 0.3 is 0 Å². The Morgan fingerprint density at radius 2 is 2.11 bits per heavy atom. The molecule has 2 aromatic rings. The number of piperidine rings is 1. The first-order valence-corrected chi connectivity index (χ1v) is 6.81. The van der Waals surface area contributed by atoms with Crippen LogP contribution in [0.25, 0.3) is 10.8 Å². The van der Waals surface area contributed by atoms with Crippen LogP contribution in [0, 0.1) is 0 Å². The van der Waals surface area contributed by atoms with E-state index in [9.17, 15) is 9.59 Å². The molecular weight excluding hydrogens is 308 g/mol. The smallest absolute Gasteiger partial charge is 0.234 e. The standard InChI is InChI=1S/C14H11BrN2O2/c15-12-7-16-6-9-2-1-8(5-11(9)12)10-3-4-13(18)17-14(10)19/h1-2,5-7,10H,3-4H2,(H,17,18,19). The predicted octanol–water partition coefficient (Wildman–Crippen LogP) is 2.52. The van der Waals surface area contributed by atoms with E-state index in [-0.39, 0.29) is 17.7 Å². The molecule has 1 unspecified atom stereocenters. The molecule has 0 radical (unpaired) electrons. The molecule has 96 valence electrons. The molecule has 0 aliphatic carbocycles. The van der Waals surface area contributed by atoms with Crippen molar-refractivity contribution in [3.8, 4) is 0 Å². The van der Waals surface area contributed by atoms with E-state index in [0.717, 1.165) is 20.8 Å². The summed E-state index contributed by atoms with van der Waals surface area (Å²) in [7, 11) is 0. The maximum absolute atomic E-state index is 11.9. The largest absolute Gasteiger partial charge is 0.296 e. The van der Waals surface area contributed by atoms with Crippen molar-refractivity contribution < 1.29 is 9.59 Å². The molecule has 1 fully saturated rings. The Morgan fingerprint density at radius 3 is 2.89 bits per heavy atom. The van der Waals surface area contributed by atoms with Crippen LogP contribution in [-0.4, -0.2) is 16.8 Å². The summed E-state index contributed by atoms with van der Waals surface area (Å²) in [5.74, 6) is -0.643. The molecular formula is C14H11BrN2O2. The van der Waals surface area contributed by atoms with Crippen molar-refractivity contribution in [2.75, 3.05) is 0 Å². The molecule has 1 N–H and O–H groups in total. The quantitative estimate of drug-likeness (QED) is 0.822. The third-order valence-electron chi connectivity index (χ3n) is 3.38. The zero-order valence-electron chi connectivity index (χ0n) is 10.0. The molecule has 1 saturated heterocycles. The molecule has 1 aliphatic rings. The van der Waals surface area contributed by atoms with Gasteiger partial charge in [0, 0.05) is 28.7 Å². The highest BCUT2D eigenvalue weighted by Crippen LogP contribution is 2.30. The van der Waals surface area contributed by atoms with E-state index in [2.05, 4.69) is 26.2 Å². The van der Waals surface area contributed by atoms with Crippen LogP contribution in [0.1, 0.15) is 24.3 Å². The highest BCUT2D eigenvalue weighted by Gasteiger charge is 2.27. The van der Waals surface area contributed by atoms with E-state index >= 15 is 0 Å². The van der Waals surface area contributed by atoms with Crippen LogP contribution < -0.4 is 5.32 Å². The minimum absolute atomic E-state index is 0.188. The van der Waals surface area contributed by atoms with Gasteiger partial charge in [-0.1, -0.05) is 12.1 Å². The summed E-state index contributed by atoms with van der Waals surface area (Å²) < 4.78 is 0.902. The monoisotopic (exact) mass is 318 g/mol. The number of pyridine rings is 1. The van der Waals surface area contributed by atoms with Crippen molar-refractivity contribution in [1.82, 2.24) is 10.3 Å². The molecule has 19 heavy (non-hydrogen) atoms. The number of benzene rings is 1. The number of carbonyl (C=O) groups excluding carboxylic acids is 2. The van der Waals surface area contributed by atoms with Crippen LogP contribution in [0.4, 0.5) is 0 Å². The number of halogens is 1. The fraction of sp³-hybridized carbons (Fsp3) is 0.214. The van der Waals surface area contributed by atoms with E-state index in [4.69, 9.17) is 0 Å². The zero-order valence-corrected chi connectivity index (χ0v) is 11.6. The van der Waals surface area contributed by atoms with E-state index in [1.165, 1.54) is 0 Å². The van der Waals surface area contributed by atoms with Gasteiger partial charge in [0.2, 0.25) is 11.8 Å². The molecule has 4 nitrogen and oxygen atoms in total. The number of rotatable bonds is 1. The minimum Gasteiger partial charge on any atom is -0.296 e. The number of amides is 2. The number of imide groups is 1. The van der Waals surface area contributed by atoms with Crippen LogP contribution in [0.5, 0.6) is 0 Å². The van der Waals surface area contributed by atoms with Gasteiger partial charge in [-0.2, -0.15) is 0 Å². The number of aromatic nitrogens is 1. The number of carbonyl (C=O) groups is 2. The van der Waals surface area contributed by atoms with Gasteiger partial charge < -0.3 is 0 Å². The normalized spacial score (nSPS) is 19.5. The molecule has 2 amide bonds.